The van der Waals surface area contributed by atoms with Crippen LogP contribution in [-0.2, 0) is 0 Å². The Morgan fingerprint density at radius 3 is 2.89 bits per heavy atom. The molecule has 2 N–H and O–H groups in total. The van der Waals surface area contributed by atoms with Crippen LogP contribution in [0.25, 0.3) is 0 Å². The van der Waals surface area contributed by atoms with Gasteiger partial charge in [0.15, 0.2) is 0 Å². The highest BCUT2D eigenvalue weighted by molar-refractivity contribution is 6.31. The van der Waals surface area contributed by atoms with Crippen LogP contribution in [0.15, 0.2) is 24.4 Å². The van der Waals surface area contributed by atoms with Gasteiger partial charge in [-0.15, -0.1) is 0 Å². The van der Waals surface area contributed by atoms with E-state index in [-0.39, 0.29) is 6.04 Å². The van der Waals surface area contributed by atoms with Gasteiger partial charge in [0, 0.05) is 5.02 Å². The predicted octanol–water partition coefficient (Wildman–Crippen LogP) is 2.86. The van der Waals surface area contributed by atoms with Crippen LogP contribution in [-0.4, -0.2) is 22.0 Å². The number of benzene rings is 1. The quantitative estimate of drug-likeness (QED) is 0.873. The number of aromatic nitrogens is 3. The van der Waals surface area contributed by atoms with E-state index in [0.717, 1.165) is 34.8 Å². The van der Waals surface area contributed by atoms with Crippen LogP contribution in [0.5, 0.6) is 0 Å². The largest absolute Gasteiger partial charge is 0.305 e. The van der Waals surface area contributed by atoms with Crippen molar-refractivity contribution in [2.24, 2.45) is 0 Å². The van der Waals surface area contributed by atoms with E-state index in [1.165, 1.54) is 0 Å². The SMILES string of the molecule is CCCNC(c1ccc(C)c(Cl)c1)c1cn[nH]n1. The van der Waals surface area contributed by atoms with Crippen LogP contribution >= 0.6 is 11.6 Å². The maximum atomic E-state index is 6.18. The third-order valence-electron chi connectivity index (χ3n) is 2.86. The average Bonchev–Trinajstić information content (AvgIpc) is 2.88. The Labute approximate surface area is 112 Å². The van der Waals surface area contributed by atoms with E-state index in [1.807, 2.05) is 19.1 Å². The fourth-order valence-electron chi connectivity index (χ4n) is 1.82. The molecule has 0 aliphatic carbocycles. The Balaban J connectivity index is 2.30. The summed E-state index contributed by atoms with van der Waals surface area (Å²) in [5, 5.41) is 14.9. The topological polar surface area (TPSA) is 53.6 Å². The molecular weight excluding hydrogens is 248 g/mol. The summed E-state index contributed by atoms with van der Waals surface area (Å²) in [5.41, 5.74) is 3.06. The van der Waals surface area contributed by atoms with Gasteiger partial charge in [-0.1, -0.05) is 30.7 Å². The number of aromatic amines is 1. The van der Waals surface area contributed by atoms with Crippen LogP contribution < -0.4 is 5.32 Å². The number of nitrogens with one attached hydrogen (secondary N) is 2. The molecule has 0 spiro atoms. The lowest BCUT2D eigenvalue weighted by Gasteiger charge is -2.17. The van der Waals surface area contributed by atoms with E-state index in [1.54, 1.807) is 6.20 Å². The van der Waals surface area contributed by atoms with E-state index < -0.39 is 0 Å². The summed E-state index contributed by atoms with van der Waals surface area (Å²) in [7, 11) is 0. The number of hydrogen-bond acceptors (Lipinski definition) is 3. The molecule has 0 aliphatic rings. The molecule has 1 unspecified atom stereocenters. The Kier molecular flexibility index (Phi) is 4.33. The molecule has 4 nitrogen and oxygen atoms in total. The molecule has 0 saturated heterocycles. The predicted molar refractivity (Wildman–Crippen MR) is 72.7 cm³/mol. The van der Waals surface area contributed by atoms with Crippen LogP contribution in [0.4, 0.5) is 0 Å². The third-order valence-corrected chi connectivity index (χ3v) is 3.26. The zero-order valence-electron chi connectivity index (χ0n) is 10.6. The monoisotopic (exact) mass is 264 g/mol. The summed E-state index contributed by atoms with van der Waals surface area (Å²) >= 11 is 6.18. The Morgan fingerprint density at radius 2 is 2.28 bits per heavy atom. The highest BCUT2D eigenvalue weighted by Crippen LogP contribution is 2.24. The minimum Gasteiger partial charge on any atom is -0.305 e. The molecule has 1 heterocycles. The fraction of sp³-hybridized carbons (Fsp3) is 0.385. The average molecular weight is 265 g/mol. The van der Waals surface area contributed by atoms with Gasteiger partial charge in [0.05, 0.1) is 12.2 Å². The Bertz CT molecular complexity index is 496. The summed E-state index contributed by atoms with van der Waals surface area (Å²) in [6.45, 7) is 5.05. The maximum absolute atomic E-state index is 6.18. The van der Waals surface area contributed by atoms with E-state index >= 15 is 0 Å². The first-order chi connectivity index (χ1) is 8.72. The van der Waals surface area contributed by atoms with Crippen LogP contribution in [0, 0.1) is 6.92 Å². The van der Waals surface area contributed by atoms with Crippen molar-refractivity contribution < 1.29 is 0 Å². The number of H-pyrrole nitrogens is 1. The van der Waals surface area contributed by atoms with Gasteiger partial charge < -0.3 is 5.32 Å². The number of aryl methyl sites for hydroxylation is 1. The summed E-state index contributed by atoms with van der Waals surface area (Å²) < 4.78 is 0. The van der Waals surface area contributed by atoms with E-state index in [4.69, 9.17) is 11.6 Å². The van der Waals surface area contributed by atoms with Crippen LogP contribution in [0.2, 0.25) is 5.02 Å². The van der Waals surface area contributed by atoms with Crippen molar-refractivity contribution in [3.8, 4) is 0 Å². The molecule has 5 heteroatoms. The lowest BCUT2D eigenvalue weighted by molar-refractivity contribution is 0.585. The standard InChI is InChI=1S/C13H17ClN4/c1-3-6-15-13(12-8-16-18-17-12)10-5-4-9(2)11(14)7-10/h4-5,7-8,13,15H,3,6H2,1-2H3,(H,16,17,18). The first-order valence-corrected chi connectivity index (χ1v) is 6.45. The van der Waals surface area contributed by atoms with Gasteiger partial charge in [0.25, 0.3) is 0 Å². The number of rotatable bonds is 5. The second-order valence-electron chi connectivity index (χ2n) is 4.29. The molecule has 2 aromatic rings. The van der Waals surface area contributed by atoms with Crippen LogP contribution in [0.3, 0.4) is 0 Å². The lowest BCUT2D eigenvalue weighted by Crippen LogP contribution is -2.23. The van der Waals surface area contributed by atoms with Gasteiger partial charge >= 0.3 is 0 Å². The van der Waals surface area contributed by atoms with Gasteiger partial charge in [-0.2, -0.15) is 15.4 Å². The summed E-state index contributed by atoms with van der Waals surface area (Å²) in [5.74, 6) is 0. The van der Waals surface area contributed by atoms with Crippen LogP contribution in [0.1, 0.15) is 36.2 Å². The van der Waals surface area contributed by atoms with E-state index in [9.17, 15) is 0 Å². The summed E-state index contributed by atoms with van der Waals surface area (Å²) in [6.07, 6.45) is 2.80. The molecule has 0 amide bonds. The van der Waals surface area contributed by atoms with Crippen molar-refractivity contribution in [2.45, 2.75) is 26.3 Å². The van der Waals surface area contributed by atoms with Gasteiger partial charge in [-0.25, -0.2) is 0 Å². The van der Waals surface area contributed by atoms with Crippen molar-refractivity contribution in [3.63, 3.8) is 0 Å². The van der Waals surface area contributed by atoms with E-state index in [0.29, 0.717) is 0 Å². The molecule has 18 heavy (non-hydrogen) atoms. The van der Waals surface area contributed by atoms with Gasteiger partial charge in [0.2, 0.25) is 0 Å². The highest BCUT2D eigenvalue weighted by atomic mass is 35.5. The molecule has 0 saturated carbocycles. The molecule has 1 aromatic heterocycles. The second kappa shape index (κ2) is 5.98. The molecule has 1 aromatic carbocycles. The zero-order chi connectivity index (χ0) is 13.0. The maximum Gasteiger partial charge on any atom is 0.104 e. The van der Waals surface area contributed by atoms with Gasteiger partial charge in [-0.3, -0.25) is 0 Å². The number of hydrogen-bond donors (Lipinski definition) is 2. The molecular formula is C13H17ClN4. The van der Waals surface area contributed by atoms with E-state index in [2.05, 4.69) is 33.7 Å². The Morgan fingerprint density at radius 1 is 1.44 bits per heavy atom. The minimum atomic E-state index is 0.0294. The third kappa shape index (κ3) is 2.89. The Hall–Kier alpha value is -1.39. The van der Waals surface area contributed by atoms with Gasteiger partial charge in [-0.05, 0) is 37.1 Å². The summed E-state index contributed by atoms with van der Waals surface area (Å²) in [6, 6.07) is 6.11. The highest BCUT2D eigenvalue weighted by Gasteiger charge is 2.16. The molecule has 0 fully saturated rings. The lowest BCUT2D eigenvalue weighted by atomic mass is 10.0. The van der Waals surface area contributed by atoms with Crippen molar-refractivity contribution >= 4 is 11.6 Å². The second-order valence-corrected chi connectivity index (χ2v) is 4.70. The first kappa shape index (κ1) is 13.1. The fourth-order valence-corrected chi connectivity index (χ4v) is 2.01. The van der Waals surface area contributed by atoms with Crippen molar-refractivity contribution in [2.75, 3.05) is 6.54 Å². The van der Waals surface area contributed by atoms with Crippen molar-refractivity contribution in [1.82, 2.24) is 20.7 Å². The number of halogens is 1. The molecule has 96 valence electrons. The molecule has 0 bridgehead atoms. The normalized spacial score (nSPS) is 12.6. The molecule has 2 rings (SSSR count). The smallest absolute Gasteiger partial charge is 0.104 e. The van der Waals surface area contributed by atoms with Gasteiger partial charge in [0.1, 0.15) is 5.69 Å². The van der Waals surface area contributed by atoms with Crippen molar-refractivity contribution in [3.05, 3.63) is 46.2 Å². The number of nitrogens with zero attached hydrogens (tertiary/aromatic N) is 2. The van der Waals surface area contributed by atoms with Crippen molar-refractivity contribution in [1.29, 1.82) is 0 Å². The molecule has 0 aliphatic heterocycles. The zero-order valence-corrected chi connectivity index (χ0v) is 11.3. The molecule has 1 atom stereocenters. The minimum absolute atomic E-state index is 0.0294. The molecule has 0 radical (unpaired) electrons. The first-order valence-electron chi connectivity index (χ1n) is 6.07. The summed E-state index contributed by atoms with van der Waals surface area (Å²) in [4.78, 5) is 0.